The van der Waals surface area contributed by atoms with Crippen LogP contribution in [0, 0.1) is 0 Å². The van der Waals surface area contributed by atoms with Gasteiger partial charge in [0.05, 0.1) is 11.4 Å². The molecular weight excluding hydrogens is 250 g/mol. The van der Waals surface area contributed by atoms with Crippen molar-refractivity contribution in [2.75, 3.05) is 0 Å². The van der Waals surface area contributed by atoms with E-state index in [9.17, 15) is 4.79 Å². The fourth-order valence-electron chi connectivity index (χ4n) is 1.66. The van der Waals surface area contributed by atoms with Gasteiger partial charge in [0.2, 0.25) is 0 Å². The van der Waals surface area contributed by atoms with Crippen molar-refractivity contribution in [1.82, 2.24) is 15.0 Å². The summed E-state index contributed by atoms with van der Waals surface area (Å²) in [5, 5.41) is 11.6. The lowest BCUT2D eigenvalue weighted by Gasteiger charge is -1.89. The predicted molar refractivity (Wildman–Crippen MR) is 68.6 cm³/mol. The molecule has 0 saturated carbocycles. The van der Waals surface area contributed by atoms with Gasteiger partial charge in [-0.1, -0.05) is 0 Å². The summed E-state index contributed by atoms with van der Waals surface area (Å²) in [5.41, 5.74) is 2.68. The van der Waals surface area contributed by atoms with Gasteiger partial charge < -0.3 is 15.1 Å². The molecule has 0 bridgehead atoms. The van der Waals surface area contributed by atoms with Crippen molar-refractivity contribution in [3.05, 3.63) is 41.7 Å². The highest BCUT2D eigenvalue weighted by Crippen LogP contribution is 2.28. The molecule has 6 heteroatoms. The van der Waals surface area contributed by atoms with Gasteiger partial charge in [0.1, 0.15) is 10.7 Å². The van der Waals surface area contributed by atoms with Gasteiger partial charge in [-0.2, -0.15) is 0 Å². The van der Waals surface area contributed by atoms with E-state index in [0.29, 0.717) is 0 Å². The van der Waals surface area contributed by atoms with E-state index < -0.39 is 5.97 Å². The van der Waals surface area contributed by atoms with Crippen molar-refractivity contribution < 1.29 is 9.90 Å². The van der Waals surface area contributed by atoms with Gasteiger partial charge in [-0.3, -0.25) is 0 Å². The molecular formula is C12H9N3O2S. The molecule has 3 aromatic rings. The number of nitrogens with one attached hydrogen (secondary N) is 2. The Morgan fingerprint density at radius 2 is 2.28 bits per heavy atom. The quantitative estimate of drug-likeness (QED) is 0.676. The highest BCUT2D eigenvalue weighted by molar-refractivity contribution is 7.13. The van der Waals surface area contributed by atoms with Crippen molar-refractivity contribution in [2.45, 2.75) is 0 Å². The average molecular weight is 259 g/mol. The maximum atomic E-state index is 10.8. The number of nitrogens with zero attached hydrogens (tertiary/aromatic N) is 1. The molecule has 0 aromatic carbocycles. The van der Waals surface area contributed by atoms with Gasteiger partial charge in [-0.15, -0.1) is 11.3 Å². The Hall–Kier alpha value is -2.34. The van der Waals surface area contributed by atoms with Crippen LogP contribution in [0.15, 0.2) is 36.0 Å². The number of aromatic amines is 2. The summed E-state index contributed by atoms with van der Waals surface area (Å²) in [6.45, 7) is 0. The molecule has 3 heterocycles. The lowest BCUT2D eigenvalue weighted by atomic mass is 10.2. The first-order valence-corrected chi connectivity index (χ1v) is 6.13. The molecule has 0 aliphatic rings. The number of aromatic carboxylic acids is 1. The molecule has 3 aromatic heterocycles. The fourth-order valence-corrected chi connectivity index (χ4v) is 2.48. The van der Waals surface area contributed by atoms with Gasteiger partial charge in [0.15, 0.2) is 0 Å². The van der Waals surface area contributed by atoms with E-state index >= 15 is 0 Å². The van der Waals surface area contributed by atoms with Crippen LogP contribution in [-0.4, -0.2) is 26.0 Å². The summed E-state index contributed by atoms with van der Waals surface area (Å²) in [5.74, 6) is -0.971. The van der Waals surface area contributed by atoms with Crippen LogP contribution in [0.3, 0.4) is 0 Å². The number of H-pyrrole nitrogens is 2. The third-order valence-corrected chi connectivity index (χ3v) is 3.42. The molecule has 90 valence electrons. The SMILES string of the molecule is O=C(O)c1cc(-c2csc(-c3ccc[nH]3)n2)c[nH]1. The van der Waals surface area contributed by atoms with E-state index in [1.165, 1.54) is 11.3 Å². The predicted octanol–water partition coefficient (Wildman–Crippen LogP) is 2.83. The molecule has 3 rings (SSSR count). The maximum Gasteiger partial charge on any atom is 0.352 e. The Morgan fingerprint density at radius 1 is 1.39 bits per heavy atom. The second kappa shape index (κ2) is 4.15. The van der Waals surface area contributed by atoms with Crippen LogP contribution in [0.4, 0.5) is 0 Å². The van der Waals surface area contributed by atoms with Crippen LogP contribution in [0.5, 0.6) is 0 Å². The van der Waals surface area contributed by atoms with E-state index in [4.69, 9.17) is 5.11 Å². The lowest BCUT2D eigenvalue weighted by molar-refractivity contribution is 0.0691. The van der Waals surface area contributed by atoms with Gasteiger partial charge >= 0.3 is 5.97 Å². The number of carbonyl (C=O) groups is 1. The number of thiazole rings is 1. The Morgan fingerprint density at radius 3 is 2.94 bits per heavy atom. The zero-order valence-corrected chi connectivity index (χ0v) is 9.99. The summed E-state index contributed by atoms with van der Waals surface area (Å²) in [7, 11) is 0. The Labute approximate surface area is 106 Å². The van der Waals surface area contributed by atoms with Crippen molar-refractivity contribution in [2.24, 2.45) is 0 Å². The molecule has 0 aliphatic heterocycles. The third kappa shape index (κ3) is 1.82. The van der Waals surface area contributed by atoms with Gasteiger partial charge in [0, 0.05) is 23.3 Å². The molecule has 0 atom stereocenters. The summed E-state index contributed by atoms with van der Waals surface area (Å²) in [6.07, 6.45) is 3.49. The number of hydrogen-bond donors (Lipinski definition) is 3. The Kier molecular flexibility index (Phi) is 2.49. The number of aromatic nitrogens is 3. The third-order valence-electron chi connectivity index (χ3n) is 2.54. The second-order valence-electron chi connectivity index (χ2n) is 3.73. The fraction of sp³-hybridized carbons (Fsp3) is 0. The summed E-state index contributed by atoms with van der Waals surface area (Å²) in [6, 6.07) is 5.44. The highest BCUT2D eigenvalue weighted by atomic mass is 32.1. The zero-order valence-electron chi connectivity index (χ0n) is 9.18. The van der Waals surface area contributed by atoms with Crippen LogP contribution in [0.2, 0.25) is 0 Å². The molecule has 0 amide bonds. The minimum atomic E-state index is -0.971. The standard InChI is InChI=1S/C12H9N3O2S/c16-12(17)9-4-7(5-14-9)10-6-18-11(15-10)8-2-1-3-13-8/h1-6,13-14H,(H,16,17). The van der Waals surface area contributed by atoms with Crippen LogP contribution in [0.1, 0.15) is 10.5 Å². The molecule has 5 nitrogen and oxygen atoms in total. The first-order valence-electron chi connectivity index (χ1n) is 5.25. The molecule has 0 aliphatic carbocycles. The Balaban J connectivity index is 1.95. The molecule has 0 fully saturated rings. The normalized spacial score (nSPS) is 10.7. The van der Waals surface area contributed by atoms with Gasteiger partial charge in [-0.05, 0) is 18.2 Å². The van der Waals surface area contributed by atoms with Crippen LogP contribution in [-0.2, 0) is 0 Å². The zero-order chi connectivity index (χ0) is 12.5. The lowest BCUT2D eigenvalue weighted by Crippen LogP contribution is -1.94. The molecule has 18 heavy (non-hydrogen) atoms. The topological polar surface area (TPSA) is 81.8 Å². The summed E-state index contributed by atoms with van der Waals surface area (Å²) >= 11 is 1.52. The number of carboxylic acid groups (broad SMARTS) is 1. The second-order valence-corrected chi connectivity index (χ2v) is 4.59. The van der Waals surface area contributed by atoms with Gasteiger partial charge in [-0.25, -0.2) is 9.78 Å². The highest BCUT2D eigenvalue weighted by Gasteiger charge is 2.11. The smallest absolute Gasteiger partial charge is 0.352 e. The minimum Gasteiger partial charge on any atom is -0.477 e. The monoisotopic (exact) mass is 259 g/mol. The van der Waals surface area contributed by atoms with E-state index in [1.54, 1.807) is 12.3 Å². The van der Waals surface area contributed by atoms with Gasteiger partial charge in [0.25, 0.3) is 0 Å². The number of carboxylic acids is 1. The van der Waals surface area contributed by atoms with E-state index in [0.717, 1.165) is 22.0 Å². The van der Waals surface area contributed by atoms with E-state index in [2.05, 4.69) is 15.0 Å². The number of rotatable bonds is 3. The molecule has 3 N–H and O–H groups in total. The van der Waals surface area contributed by atoms with Crippen molar-refractivity contribution in [3.8, 4) is 22.0 Å². The maximum absolute atomic E-state index is 10.8. The molecule has 0 saturated heterocycles. The molecule has 0 radical (unpaired) electrons. The van der Waals surface area contributed by atoms with E-state index in [-0.39, 0.29) is 5.69 Å². The first-order chi connectivity index (χ1) is 8.74. The van der Waals surface area contributed by atoms with Crippen molar-refractivity contribution in [1.29, 1.82) is 0 Å². The first kappa shape index (κ1) is 10.8. The average Bonchev–Trinajstić information content (AvgIpc) is 3.10. The summed E-state index contributed by atoms with van der Waals surface area (Å²) < 4.78 is 0. The Bertz CT molecular complexity index is 682. The minimum absolute atomic E-state index is 0.166. The molecule has 0 spiro atoms. The molecule has 0 unspecified atom stereocenters. The van der Waals surface area contributed by atoms with Crippen LogP contribution >= 0.6 is 11.3 Å². The van der Waals surface area contributed by atoms with Crippen molar-refractivity contribution in [3.63, 3.8) is 0 Å². The largest absolute Gasteiger partial charge is 0.477 e. The number of hydrogen-bond acceptors (Lipinski definition) is 3. The van der Waals surface area contributed by atoms with Crippen LogP contribution in [0.25, 0.3) is 22.0 Å². The van der Waals surface area contributed by atoms with E-state index in [1.807, 2.05) is 23.7 Å². The summed E-state index contributed by atoms with van der Waals surface area (Å²) in [4.78, 5) is 21.0. The van der Waals surface area contributed by atoms with Crippen molar-refractivity contribution >= 4 is 17.3 Å². The van der Waals surface area contributed by atoms with Crippen LogP contribution < -0.4 is 0 Å².